The summed E-state index contributed by atoms with van der Waals surface area (Å²) < 4.78 is 40.1. The quantitative estimate of drug-likeness (QED) is 0.773. The Morgan fingerprint density at radius 3 is 2.42 bits per heavy atom. The van der Waals surface area contributed by atoms with Gasteiger partial charge in [0.25, 0.3) is 0 Å². The van der Waals surface area contributed by atoms with Crippen LogP contribution < -0.4 is 0 Å². The summed E-state index contributed by atoms with van der Waals surface area (Å²) in [5.41, 5.74) is 0.175. The Bertz CT molecular complexity index is 641. The molecule has 19 heavy (non-hydrogen) atoms. The Morgan fingerprint density at radius 2 is 1.79 bits per heavy atom. The number of hydrogen-bond donors (Lipinski definition) is 0. The predicted octanol–water partition coefficient (Wildman–Crippen LogP) is 4.46. The van der Waals surface area contributed by atoms with Crippen LogP contribution in [-0.4, -0.2) is 5.78 Å². The van der Waals surface area contributed by atoms with Crippen LogP contribution in [0.15, 0.2) is 46.2 Å². The van der Waals surface area contributed by atoms with E-state index >= 15 is 0 Å². The van der Waals surface area contributed by atoms with Crippen LogP contribution in [0, 0.1) is 17.5 Å². The molecule has 0 spiro atoms. The summed E-state index contributed by atoms with van der Waals surface area (Å²) in [7, 11) is 0. The van der Waals surface area contributed by atoms with E-state index in [2.05, 4.69) is 0 Å². The van der Waals surface area contributed by atoms with E-state index in [4.69, 9.17) is 0 Å². The topological polar surface area (TPSA) is 17.1 Å². The normalized spacial score (nSPS) is 10.5. The van der Waals surface area contributed by atoms with Gasteiger partial charge in [0.15, 0.2) is 5.78 Å². The lowest BCUT2D eigenvalue weighted by Gasteiger charge is -2.08. The number of carbonyl (C=O) groups excluding carboxylic acids is 1. The molecule has 5 heteroatoms. The molecule has 0 atom stereocenters. The van der Waals surface area contributed by atoms with E-state index in [0.717, 1.165) is 23.9 Å². The third kappa shape index (κ3) is 2.98. The van der Waals surface area contributed by atoms with Gasteiger partial charge < -0.3 is 0 Å². The van der Waals surface area contributed by atoms with Gasteiger partial charge in [0, 0.05) is 16.5 Å². The zero-order valence-electron chi connectivity index (χ0n) is 9.91. The lowest BCUT2D eigenvalue weighted by molar-refractivity contribution is 0.101. The summed E-state index contributed by atoms with van der Waals surface area (Å²) in [5, 5.41) is 0. The van der Waals surface area contributed by atoms with Crippen LogP contribution in [0.25, 0.3) is 0 Å². The third-order valence-electron chi connectivity index (χ3n) is 2.45. The van der Waals surface area contributed by atoms with Crippen molar-refractivity contribution in [3.8, 4) is 0 Å². The van der Waals surface area contributed by atoms with Crippen molar-refractivity contribution in [2.24, 2.45) is 0 Å². The SMILES string of the molecule is CC(=O)c1cccc(F)c1Sc1ccc(F)cc1F. The minimum atomic E-state index is -0.789. The van der Waals surface area contributed by atoms with Gasteiger partial charge in [0.1, 0.15) is 17.5 Å². The Labute approximate surface area is 112 Å². The van der Waals surface area contributed by atoms with E-state index in [9.17, 15) is 18.0 Å². The van der Waals surface area contributed by atoms with Gasteiger partial charge in [0.2, 0.25) is 0 Å². The molecule has 0 heterocycles. The van der Waals surface area contributed by atoms with Crippen molar-refractivity contribution in [1.29, 1.82) is 0 Å². The summed E-state index contributed by atoms with van der Waals surface area (Å²) in [5.74, 6) is -2.42. The Kier molecular flexibility index (Phi) is 3.95. The van der Waals surface area contributed by atoms with Crippen molar-refractivity contribution in [3.05, 3.63) is 59.4 Å². The molecular formula is C14H9F3OS. The number of carbonyl (C=O) groups is 1. The molecule has 0 unspecified atom stereocenters. The molecule has 2 aromatic rings. The largest absolute Gasteiger partial charge is 0.294 e. The smallest absolute Gasteiger partial charge is 0.161 e. The first-order chi connectivity index (χ1) is 8.99. The second-order valence-corrected chi connectivity index (χ2v) is 4.90. The highest BCUT2D eigenvalue weighted by molar-refractivity contribution is 7.99. The number of Topliss-reactive ketones (excluding diaryl/α,β-unsaturated/α-hetero) is 1. The molecule has 0 amide bonds. The van der Waals surface area contributed by atoms with Gasteiger partial charge >= 0.3 is 0 Å². The van der Waals surface area contributed by atoms with Crippen LogP contribution in [0.5, 0.6) is 0 Å². The van der Waals surface area contributed by atoms with Gasteiger partial charge in [-0.15, -0.1) is 0 Å². The fourth-order valence-electron chi connectivity index (χ4n) is 1.56. The molecule has 1 nitrogen and oxygen atoms in total. The van der Waals surface area contributed by atoms with E-state index in [0.29, 0.717) is 0 Å². The van der Waals surface area contributed by atoms with Crippen molar-refractivity contribution in [2.75, 3.05) is 0 Å². The maximum absolute atomic E-state index is 13.7. The zero-order valence-corrected chi connectivity index (χ0v) is 10.7. The highest BCUT2D eigenvalue weighted by Crippen LogP contribution is 2.34. The highest BCUT2D eigenvalue weighted by atomic mass is 32.2. The monoisotopic (exact) mass is 282 g/mol. The minimum absolute atomic E-state index is 0.0421. The summed E-state index contributed by atoms with van der Waals surface area (Å²) in [6, 6.07) is 7.09. The van der Waals surface area contributed by atoms with Gasteiger partial charge in [-0.3, -0.25) is 4.79 Å². The van der Waals surface area contributed by atoms with E-state index < -0.39 is 17.5 Å². The van der Waals surface area contributed by atoms with E-state index in [1.54, 1.807) is 0 Å². The van der Waals surface area contributed by atoms with Gasteiger partial charge in [-0.25, -0.2) is 13.2 Å². The Balaban J connectivity index is 2.46. The Hall–Kier alpha value is -1.75. The second kappa shape index (κ2) is 5.48. The first-order valence-electron chi connectivity index (χ1n) is 5.41. The zero-order chi connectivity index (χ0) is 14.0. The minimum Gasteiger partial charge on any atom is -0.294 e. The number of rotatable bonds is 3. The van der Waals surface area contributed by atoms with Gasteiger partial charge in [-0.1, -0.05) is 23.9 Å². The van der Waals surface area contributed by atoms with Crippen molar-refractivity contribution in [2.45, 2.75) is 16.7 Å². The van der Waals surface area contributed by atoms with Crippen LogP contribution in [0.4, 0.5) is 13.2 Å². The van der Waals surface area contributed by atoms with Crippen molar-refractivity contribution in [3.63, 3.8) is 0 Å². The summed E-state index contributed by atoms with van der Waals surface area (Å²) in [4.78, 5) is 11.5. The van der Waals surface area contributed by atoms with Crippen molar-refractivity contribution in [1.82, 2.24) is 0 Å². The fourth-order valence-corrected chi connectivity index (χ4v) is 2.56. The van der Waals surface area contributed by atoms with Crippen LogP contribution in [-0.2, 0) is 0 Å². The number of hydrogen-bond acceptors (Lipinski definition) is 2. The number of halogens is 3. The second-order valence-electron chi connectivity index (χ2n) is 3.85. The van der Waals surface area contributed by atoms with Crippen LogP contribution >= 0.6 is 11.8 Å². The standard InChI is InChI=1S/C14H9F3OS/c1-8(18)10-3-2-4-11(16)14(10)19-13-6-5-9(15)7-12(13)17/h2-7H,1H3. The average Bonchev–Trinajstić information content (AvgIpc) is 2.34. The highest BCUT2D eigenvalue weighted by Gasteiger charge is 2.15. The molecule has 0 saturated carbocycles. The van der Waals surface area contributed by atoms with Crippen LogP contribution in [0.2, 0.25) is 0 Å². The molecule has 0 aliphatic carbocycles. The summed E-state index contributed by atoms with van der Waals surface area (Å²) in [6.45, 7) is 1.31. The lowest BCUT2D eigenvalue weighted by Crippen LogP contribution is -1.98. The first-order valence-corrected chi connectivity index (χ1v) is 6.23. The van der Waals surface area contributed by atoms with E-state index in [1.807, 2.05) is 0 Å². The molecule has 2 rings (SSSR count). The number of benzene rings is 2. The maximum atomic E-state index is 13.7. The molecule has 0 fully saturated rings. The first kappa shape index (κ1) is 13.7. The maximum Gasteiger partial charge on any atom is 0.161 e. The molecule has 0 aliphatic heterocycles. The van der Waals surface area contributed by atoms with Gasteiger partial charge in [0.05, 0.1) is 4.90 Å². The molecule has 98 valence electrons. The summed E-state index contributed by atoms with van der Waals surface area (Å²) in [6.07, 6.45) is 0. The van der Waals surface area contributed by atoms with E-state index in [-0.39, 0.29) is 21.1 Å². The Morgan fingerprint density at radius 1 is 1.05 bits per heavy atom. The summed E-state index contributed by atoms with van der Waals surface area (Å²) >= 11 is 0.767. The van der Waals surface area contributed by atoms with Crippen LogP contribution in [0.1, 0.15) is 17.3 Å². The van der Waals surface area contributed by atoms with Gasteiger partial charge in [-0.2, -0.15) is 0 Å². The number of ketones is 1. The van der Waals surface area contributed by atoms with Gasteiger partial charge in [-0.05, 0) is 25.1 Å². The van der Waals surface area contributed by atoms with E-state index in [1.165, 1.54) is 31.2 Å². The molecular weight excluding hydrogens is 273 g/mol. The molecule has 0 radical (unpaired) electrons. The predicted molar refractivity (Wildman–Crippen MR) is 66.9 cm³/mol. The van der Waals surface area contributed by atoms with Crippen molar-refractivity contribution >= 4 is 17.5 Å². The average molecular weight is 282 g/mol. The molecule has 2 aromatic carbocycles. The third-order valence-corrected chi connectivity index (χ3v) is 3.62. The van der Waals surface area contributed by atoms with Crippen LogP contribution in [0.3, 0.4) is 0 Å². The lowest BCUT2D eigenvalue weighted by atomic mass is 10.1. The fraction of sp³-hybridized carbons (Fsp3) is 0.0714. The molecule has 0 aromatic heterocycles. The molecule has 0 aliphatic rings. The molecule has 0 saturated heterocycles. The van der Waals surface area contributed by atoms with Crippen molar-refractivity contribution < 1.29 is 18.0 Å². The molecule has 0 bridgehead atoms. The molecule has 0 N–H and O–H groups in total.